The van der Waals surface area contributed by atoms with Crippen LogP contribution in [0.2, 0.25) is 0 Å². The van der Waals surface area contributed by atoms with Gasteiger partial charge in [-0.25, -0.2) is 0 Å². The third-order valence-electron chi connectivity index (χ3n) is 12.6. The molecule has 0 saturated heterocycles. The molecule has 0 aromatic carbocycles. The van der Waals surface area contributed by atoms with Gasteiger partial charge in [0, 0.05) is 19.3 Å². The Morgan fingerprint density at radius 1 is 0.280 bits per heavy atom. The van der Waals surface area contributed by atoms with Crippen molar-refractivity contribution >= 4 is 17.9 Å². The average molecular weight is 1040 g/mol. The van der Waals surface area contributed by atoms with Crippen LogP contribution in [0.1, 0.15) is 265 Å². The molecular weight excluding hydrogens is 925 g/mol. The Labute approximate surface area is 462 Å². The van der Waals surface area contributed by atoms with E-state index < -0.39 is 6.10 Å². The van der Waals surface area contributed by atoms with Crippen LogP contribution in [0.25, 0.3) is 0 Å². The number of unbranched alkanes of at least 4 members (excludes halogenated alkanes) is 21. The van der Waals surface area contributed by atoms with Crippen LogP contribution in [0, 0.1) is 0 Å². The maximum Gasteiger partial charge on any atom is 0.306 e. The minimum atomic E-state index is -0.824. The molecule has 0 aliphatic carbocycles. The van der Waals surface area contributed by atoms with Crippen LogP contribution in [-0.2, 0) is 28.6 Å². The SMILES string of the molecule is CC/C=C\C/C=C\C/C=C\C/C=C\C/C=C\C/C=C\CCC(=O)OCC(COC(=O)CCCCCCCCC/C=C\CCCCCCCCCC)OC(=O)CCCCCCCC/C=C\C/C=C\C/C=C\C/C=C\CC. The van der Waals surface area contributed by atoms with E-state index in [9.17, 15) is 14.4 Å². The third-order valence-corrected chi connectivity index (χ3v) is 12.6. The Bertz CT molecular complexity index is 1620. The second-order valence-electron chi connectivity index (χ2n) is 19.8. The molecule has 6 nitrogen and oxygen atoms in total. The molecular formula is C69H112O6. The van der Waals surface area contributed by atoms with Crippen molar-refractivity contribution in [3.63, 3.8) is 0 Å². The summed E-state index contributed by atoms with van der Waals surface area (Å²) >= 11 is 0. The van der Waals surface area contributed by atoms with Crippen molar-refractivity contribution in [1.82, 2.24) is 0 Å². The van der Waals surface area contributed by atoms with Gasteiger partial charge in [0.2, 0.25) is 0 Å². The molecule has 0 N–H and O–H groups in total. The molecule has 0 amide bonds. The molecule has 0 saturated carbocycles. The summed E-state index contributed by atoms with van der Waals surface area (Å²) in [4.78, 5) is 38.3. The van der Waals surface area contributed by atoms with E-state index in [1.807, 2.05) is 6.08 Å². The number of esters is 3. The fourth-order valence-corrected chi connectivity index (χ4v) is 8.10. The predicted molar refractivity (Wildman–Crippen MR) is 325 cm³/mol. The molecule has 0 aliphatic heterocycles. The number of hydrogen-bond acceptors (Lipinski definition) is 6. The minimum absolute atomic E-state index is 0.113. The predicted octanol–water partition coefficient (Wildman–Crippen LogP) is 21.0. The van der Waals surface area contributed by atoms with Crippen molar-refractivity contribution in [2.75, 3.05) is 13.2 Å². The number of carbonyl (C=O) groups is 3. The highest BCUT2D eigenvalue weighted by molar-refractivity contribution is 5.71. The molecule has 6 heteroatoms. The Morgan fingerprint density at radius 3 is 0.907 bits per heavy atom. The van der Waals surface area contributed by atoms with Crippen LogP contribution < -0.4 is 0 Å². The van der Waals surface area contributed by atoms with Crippen molar-refractivity contribution < 1.29 is 28.6 Å². The zero-order chi connectivity index (χ0) is 54.3. The Hall–Kier alpha value is -4.45. The molecule has 1 unspecified atom stereocenters. The van der Waals surface area contributed by atoms with Crippen LogP contribution in [0.3, 0.4) is 0 Å². The van der Waals surface area contributed by atoms with Gasteiger partial charge >= 0.3 is 17.9 Å². The smallest absolute Gasteiger partial charge is 0.306 e. The van der Waals surface area contributed by atoms with Crippen molar-refractivity contribution in [3.8, 4) is 0 Å². The Balaban J connectivity index is 4.54. The fraction of sp³-hybridized carbons (Fsp3) is 0.638. The normalized spacial score (nSPS) is 13.1. The van der Waals surface area contributed by atoms with Crippen molar-refractivity contribution in [3.05, 3.63) is 134 Å². The highest BCUT2D eigenvalue weighted by Crippen LogP contribution is 2.14. The third kappa shape index (κ3) is 60.3. The van der Waals surface area contributed by atoms with E-state index in [1.54, 1.807) is 0 Å². The Kier molecular flexibility index (Phi) is 58.4. The summed E-state index contributed by atoms with van der Waals surface area (Å²) in [5.41, 5.74) is 0. The van der Waals surface area contributed by atoms with Crippen molar-refractivity contribution in [1.29, 1.82) is 0 Å². The zero-order valence-electron chi connectivity index (χ0n) is 48.5. The molecule has 0 aliphatic rings. The number of ether oxygens (including phenoxy) is 3. The molecule has 0 aromatic heterocycles. The lowest BCUT2D eigenvalue weighted by Crippen LogP contribution is -2.30. The lowest BCUT2D eigenvalue weighted by molar-refractivity contribution is -0.166. The maximum atomic E-state index is 12.9. The fourth-order valence-electron chi connectivity index (χ4n) is 8.10. The van der Waals surface area contributed by atoms with Gasteiger partial charge in [0.15, 0.2) is 6.10 Å². The van der Waals surface area contributed by atoms with Gasteiger partial charge in [-0.1, -0.05) is 257 Å². The van der Waals surface area contributed by atoms with Crippen LogP contribution >= 0.6 is 0 Å². The molecule has 0 radical (unpaired) electrons. The van der Waals surface area contributed by atoms with Crippen LogP contribution in [0.4, 0.5) is 0 Å². The highest BCUT2D eigenvalue weighted by Gasteiger charge is 2.19. The monoisotopic (exact) mass is 1040 g/mol. The second kappa shape index (κ2) is 62.1. The van der Waals surface area contributed by atoms with E-state index in [-0.39, 0.29) is 37.5 Å². The van der Waals surface area contributed by atoms with E-state index in [4.69, 9.17) is 14.2 Å². The summed E-state index contributed by atoms with van der Waals surface area (Å²) < 4.78 is 16.8. The second-order valence-corrected chi connectivity index (χ2v) is 19.8. The number of allylic oxidation sites excluding steroid dienone is 22. The topological polar surface area (TPSA) is 78.9 Å². The maximum absolute atomic E-state index is 12.9. The van der Waals surface area contributed by atoms with Gasteiger partial charge in [0.1, 0.15) is 13.2 Å². The van der Waals surface area contributed by atoms with Crippen LogP contribution in [-0.4, -0.2) is 37.2 Å². The summed E-state index contributed by atoms with van der Waals surface area (Å²) in [6, 6.07) is 0. The lowest BCUT2D eigenvalue weighted by Gasteiger charge is -2.18. The summed E-state index contributed by atoms with van der Waals surface area (Å²) in [6.45, 7) is 6.34. The number of rotatable bonds is 54. The molecule has 0 rings (SSSR count). The molecule has 0 bridgehead atoms. The highest BCUT2D eigenvalue weighted by atomic mass is 16.6. The standard InChI is InChI=1S/C69H112O6/c1-4-7-10-13-16-19-22-25-28-31-34-37-40-43-46-49-52-55-58-61-67(70)73-64-66(75-69(72)63-60-57-54-51-48-45-42-39-36-33-30-27-24-21-18-15-12-9-6-3)65-74-68(71)62-59-56-53-50-47-44-41-38-35-32-29-26-23-20-17-14-11-8-5-2/h7,9-10,12,16,18-19,21,25,27-28,30,32,34-37,39,43,46,52,55,66H,4-6,8,11,13-15,17,20,22-24,26,29,31,33,38,40-42,44-45,47-51,53-54,56-65H2,1-3H3/b10-7-,12-9-,19-16-,21-18-,28-25-,30-27-,35-32-,37-34-,39-36-,46-43-,55-52-. The lowest BCUT2D eigenvalue weighted by atomic mass is 10.1. The summed E-state index contributed by atoms with van der Waals surface area (Å²) in [5, 5.41) is 0. The zero-order valence-corrected chi connectivity index (χ0v) is 48.5. The average Bonchev–Trinajstić information content (AvgIpc) is 3.41. The van der Waals surface area contributed by atoms with Gasteiger partial charge in [0.25, 0.3) is 0 Å². The van der Waals surface area contributed by atoms with E-state index >= 15 is 0 Å². The van der Waals surface area contributed by atoms with Gasteiger partial charge < -0.3 is 14.2 Å². The first-order valence-corrected chi connectivity index (χ1v) is 30.7. The molecule has 0 aromatic rings. The van der Waals surface area contributed by atoms with Crippen LogP contribution in [0.5, 0.6) is 0 Å². The molecule has 424 valence electrons. The first kappa shape index (κ1) is 70.5. The molecule has 75 heavy (non-hydrogen) atoms. The summed E-state index contributed by atoms with van der Waals surface area (Å²) in [6.07, 6.45) is 87.4. The van der Waals surface area contributed by atoms with Gasteiger partial charge in [-0.15, -0.1) is 0 Å². The quantitative estimate of drug-likeness (QED) is 0.0261. The molecule has 0 spiro atoms. The van der Waals surface area contributed by atoms with Gasteiger partial charge in [-0.05, 0) is 122 Å². The Morgan fingerprint density at radius 2 is 0.547 bits per heavy atom. The van der Waals surface area contributed by atoms with Gasteiger partial charge in [-0.2, -0.15) is 0 Å². The minimum Gasteiger partial charge on any atom is -0.462 e. The summed E-state index contributed by atoms with van der Waals surface area (Å²) in [7, 11) is 0. The van der Waals surface area contributed by atoms with E-state index in [2.05, 4.69) is 148 Å². The number of carbonyl (C=O) groups excluding carboxylic acids is 3. The first-order valence-electron chi connectivity index (χ1n) is 30.7. The summed E-state index contributed by atoms with van der Waals surface area (Å²) in [5.74, 6) is -1.02. The van der Waals surface area contributed by atoms with E-state index in [0.29, 0.717) is 19.3 Å². The van der Waals surface area contributed by atoms with E-state index in [0.717, 1.165) is 116 Å². The van der Waals surface area contributed by atoms with Gasteiger partial charge in [-0.3, -0.25) is 14.4 Å². The number of hydrogen-bond donors (Lipinski definition) is 0. The van der Waals surface area contributed by atoms with Crippen LogP contribution in [0.15, 0.2) is 134 Å². The molecule has 1 atom stereocenters. The molecule has 0 heterocycles. The molecule has 0 fully saturated rings. The first-order chi connectivity index (χ1) is 37.0. The van der Waals surface area contributed by atoms with Crippen molar-refractivity contribution in [2.24, 2.45) is 0 Å². The van der Waals surface area contributed by atoms with Gasteiger partial charge in [0.05, 0.1) is 0 Å². The largest absolute Gasteiger partial charge is 0.462 e. The van der Waals surface area contributed by atoms with E-state index in [1.165, 1.54) is 103 Å². The van der Waals surface area contributed by atoms with Crippen molar-refractivity contribution in [2.45, 2.75) is 271 Å².